The molecule has 0 spiro atoms. The Morgan fingerprint density at radius 2 is 1.80 bits per heavy atom. The quantitative estimate of drug-likeness (QED) is 0.774. The molecule has 0 saturated carbocycles. The standard InChI is InChI=1S/C8H6O4.C6H14N2/c9-7(10)5-2-1-3-6(4-5)8(11)12;1-7-6-4-3-5-8(6)2/h1-4H,(H,9,10)(H,11,12);6-7H,3-5H2,1-2H3. The van der Waals surface area contributed by atoms with Crippen molar-refractivity contribution < 1.29 is 19.8 Å². The van der Waals surface area contributed by atoms with E-state index in [0.29, 0.717) is 6.17 Å². The predicted octanol–water partition coefficient (Wildman–Crippen LogP) is 1.34. The fourth-order valence-corrected chi connectivity index (χ4v) is 2.06. The zero-order chi connectivity index (χ0) is 15.1. The first-order chi connectivity index (χ1) is 9.45. The molecule has 0 radical (unpaired) electrons. The number of nitrogens with one attached hydrogen (secondary N) is 1. The molecule has 1 heterocycles. The maximum Gasteiger partial charge on any atom is 0.335 e. The van der Waals surface area contributed by atoms with E-state index < -0.39 is 11.9 Å². The number of nitrogens with zero attached hydrogens (tertiary/aromatic N) is 1. The third kappa shape index (κ3) is 4.64. The van der Waals surface area contributed by atoms with Gasteiger partial charge in [-0.15, -0.1) is 0 Å². The van der Waals surface area contributed by atoms with Crippen LogP contribution in [0.3, 0.4) is 0 Å². The van der Waals surface area contributed by atoms with E-state index in [1.807, 2.05) is 7.05 Å². The Hall–Kier alpha value is -1.92. The van der Waals surface area contributed by atoms with Gasteiger partial charge in [-0.05, 0) is 51.7 Å². The Morgan fingerprint density at radius 3 is 2.10 bits per heavy atom. The van der Waals surface area contributed by atoms with Gasteiger partial charge >= 0.3 is 11.9 Å². The van der Waals surface area contributed by atoms with Gasteiger partial charge in [0.15, 0.2) is 0 Å². The largest absolute Gasteiger partial charge is 0.478 e. The fourth-order valence-electron chi connectivity index (χ4n) is 2.06. The van der Waals surface area contributed by atoms with Gasteiger partial charge in [-0.2, -0.15) is 0 Å². The molecule has 1 fully saturated rings. The molecular weight excluding hydrogens is 260 g/mol. The SMILES string of the molecule is CNC1CCCN1C.O=C(O)c1cccc(C(=O)O)c1. The topological polar surface area (TPSA) is 89.9 Å². The van der Waals surface area contributed by atoms with Crippen molar-refractivity contribution in [2.24, 2.45) is 0 Å². The summed E-state index contributed by atoms with van der Waals surface area (Å²) < 4.78 is 0. The molecule has 2 rings (SSSR count). The minimum Gasteiger partial charge on any atom is -0.478 e. The number of likely N-dealkylation sites (tertiary alicyclic amines) is 1. The Bertz CT molecular complexity index is 447. The molecule has 1 aromatic rings. The number of benzene rings is 1. The lowest BCUT2D eigenvalue weighted by atomic mass is 10.1. The van der Waals surface area contributed by atoms with Gasteiger partial charge in [-0.3, -0.25) is 4.90 Å². The first kappa shape index (κ1) is 16.1. The highest BCUT2D eigenvalue weighted by atomic mass is 16.4. The van der Waals surface area contributed by atoms with Crippen LogP contribution in [0.15, 0.2) is 24.3 Å². The summed E-state index contributed by atoms with van der Waals surface area (Å²) in [4.78, 5) is 23.1. The molecule has 1 unspecified atom stereocenters. The van der Waals surface area contributed by atoms with Crippen molar-refractivity contribution in [3.63, 3.8) is 0 Å². The van der Waals surface area contributed by atoms with Crippen molar-refractivity contribution in [1.82, 2.24) is 10.2 Å². The summed E-state index contributed by atoms with van der Waals surface area (Å²) >= 11 is 0. The minimum absolute atomic E-state index is 0.0186. The van der Waals surface area contributed by atoms with Crippen molar-refractivity contribution in [2.45, 2.75) is 19.0 Å². The van der Waals surface area contributed by atoms with Gasteiger partial charge in [0.1, 0.15) is 0 Å². The van der Waals surface area contributed by atoms with E-state index in [1.54, 1.807) is 0 Å². The summed E-state index contributed by atoms with van der Waals surface area (Å²) in [6.07, 6.45) is 3.31. The van der Waals surface area contributed by atoms with Gasteiger partial charge in [-0.25, -0.2) is 9.59 Å². The molecule has 6 heteroatoms. The molecule has 1 saturated heterocycles. The number of carboxylic acid groups (broad SMARTS) is 2. The maximum atomic E-state index is 10.4. The maximum absolute atomic E-state index is 10.4. The van der Waals surface area contributed by atoms with Crippen molar-refractivity contribution in [1.29, 1.82) is 0 Å². The van der Waals surface area contributed by atoms with E-state index in [0.717, 1.165) is 6.07 Å². The molecule has 1 aromatic carbocycles. The lowest BCUT2D eigenvalue weighted by Gasteiger charge is -2.17. The van der Waals surface area contributed by atoms with Gasteiger partial charge in [0.05, 0.1) is 17.3 Å². The molecule has 110 valence electrons. The lowest BCUT2D eigenvalue weighted by molar-refractivity contribution is 0.0696. The molecule has 1 atom stereocenters. The van der Waals surface area contributed by atoms with Crippen LogP contribution in [-0.4, -0.2) is 53.9 Å². The minimum atomic E-state index is -1.13. The number of hydrogen-bond acceptors (Lipinski definition) is 4. The van der Waals surface area contributed by atoms with Crippen molar-refractivity contribution in [2.75, 3.05) is 20.6 Å². The third-order valence-corrected chi connectivity index (χ3v) is 3.21. The molecule has 0 aliphatic carbocycles. The van der Waals surface area contributed by atoms with Crippen molar-refractivity contribution >= 4 is 11.9 Å². The summed E-state index contributed by atoms with van der Waals surface area (Å²) in [6, 6.07) is 5.20. The Morgan fingerprint density at radius 1 is 1.25 bits per heavy atom. The highest BCUT2D eigenvalue weighted by Crippen LogP contribution is 2.10. The van der Waals surface area contributed by atoms with Gasteiger partial charge in [0, 0.05) is 0 Å². The Kier molecular flexibility index (Phi) is 6.14. The number of carboxylic acids is 2. The second-order valence-electron chi connectivity index (χ2n) is 4.62. The Labute approximate surface area is 118 Å². The average molecular weight is 280 g/mol. The van der Waals surface area contributed by atoms with Gasteiger partial charge < -0.3 is 15.5 Å². The number of aromatic carboxylic acids is 2. The van der Waals surface area contributed by atoms with Crippen LogP contribution in [0, 0.1) is 0 Å². The van der Waals surface area contributed by atoms with E-state index in [2.05, 4.69) is 17.3 Å². The molecular formula is C14H20N2O4. The van der Waals surface area contributed by atoms with Crippen LogP contribution in [0.5, 0.6) is 0 Å². The van der Waals surface area contributed by atoms with E-state index >= 15 is 0 Å². The van der Waals surface area contributed by atoms with Crippen LogP contribution >= 0.6 is 0 Å². The molecule has 0 bridgehead atoms. The third-order valence-electron chi connectivity index (χ3n) is 3.21. The smallest absolute Gasteiger partial charge is 0.335 e. The van der Waals surface area contributed by atoms with Crippen molar-refractivity contribution in [3.05, 3.63) is 35.4 Å². The van der Waals surface area contributed by atoms with Crippen LogP contribution in [0.1, 0.15) is 33.6 Å². The molecule has 1 aliphatic rings. The second-order valence-corrected chi connectivity index (χ2v) is 4.62. The summed E-state index contributed by atoms with van der Waals surface area (Å²) in [7, 11) is 4.18. The normalized spacial score (nSPS) is 18.2. The molecule has 3 N–H and O–H groups in total. The van der Waals surface area contributed by atoms with Crippen LogP contribution in [-0.2, 0) is 0 Å². The summed E-state index contributed by atoms with van der Waals surface area (Å²) in [5.41, 5.74) is -0.0372. The summed E-state index contributed by atoms with van der Waals surface area (Å²) in [6.45, 7) is 1.26. The number of rotatable bonds is 3. The first-order valence-corrected chi connectivity index (χ1v) is 6.40. The summed E-state index contributed by atoms with van der Waals surface area (Å²) in [5.74, 6) is -2.25. The predicted molar refractivity (Wildman–Crippen MR) is 75.1 cm³/mol. The second kappa shape index (κ2) is 7.62. The molecule has 0 aromatic heterocycles. The molecule has 0 amide bonds. The zero-order valence-electron chi connectivity index (χ0n) is 11.7. The molecule has 1 aliphatic heterocycles. The van der Waals surface area contributed by atoms with E-state index in [9.17, 15) is 9.59 Å². The average Bonchev–Trinajstić information content (AvgIpc) is 2.85. The number of hydrogen-bond donors (Lipinski definition) is 3. The van der Waals surface area contributed by atoms with Gasteiger partial charge in [-0.1, -0.05) is 6.07 Å². The van der Waals surface area contributed by atoms with E-state index in [4.69, 9.17) is 10.2 Å². The van der Waals surface area contributed by atoms with Crippen LogP contribution in [0.4, 0.5) is 0 Å². The van der Waals surface area contributed by atoms with Gasteiger partial charge in [0.25, 0.3) is 0 Å². The number of carbonyl (C=O) groups is 2. The van der Waals surface area contributed by atoms with Crippen LogP contribution < -0.4 is 5.32 Å². The fraction of sp³-hybridized carbons (Fsp3) is 0.429. The lowest BCUT2D eigenvalue weighted by Crippen LogP contribution is -2.35. The van der Waals surface area contributed by atoms with Crippen LogP contribution in [0.2, 0.25) is 0 Å². The summed E-state index contributed by atoms with van der Waals surface area (Å²) in [5, 5.41) is 20.2. The van der Waals surface area contributed by atoms with Crippen molar-refractivity contribution in [3.8, 4) is 0 Å². The zero-order valence-corrected chi connectivity index (χ0v) is 11.7. The highest BCUT2D eigenvalue weighted by Gasteiger charge is 2.17. The first-order valence-electron chi connectivity index (χ1n) is 6.40. The van der Waals surface area contributed by atoms with E-state index in [1.165, 1.54) is 37.6 Å². The van der Waals surface area contributed by atoms with Crippen LogP contribution in [0.25, 0.3) is 0 Å². The molecule has 6 nitrogen and oxygen atoms in total. The highest BCUT2D eigenvalue weighted by molar-refractivity contribution is 5.93. The van der Waals surface area contributed by atoms with Gasteiger partial charge in [0.2, 0.25) is 0 Å². The monoisotopic (exact) mass is 280 g/mol. The Balaban J connectivity index is 0.000000217. The molecule has 20 heavy (non-hydrogen) atoms. The van der Waals surface area contributed by atoms with E-state index in [-0.39, 0.29) is 11.1 Å².